The van der Waals surface area contributed by atoms with Gasteiger partial charge < -0.3 is 14.8 Å². The van der Waals surface area contributed by atoms with E-state index in [1.54, 1.807) is 54.6 Å². The molecule has 9 heteroatoms. The van der Waals surface area contributed by atoms with Crippen molar-refractivity contribution in [2.24, 2.45) is 5.10 Å². The lowest BCUT2D eigenvalue weighted by molar-refractivity contribution is -0.136. The summed E-state index contributed by atoms with van der Waals surface area (Å²) in [5.74, 6) is -1.47. The molecular formula is C25H22BrN3O5. The largest absolute Gasteiger partial charge is 0.494 e. The predicted octanol–water partition coefficient (Wildman–Crippen LogP) is 4.46. The fraction of sp³-hybridized carbons (Fsp3) is 0.120. The van der Waals surface area contributed by atoms with Crippen LogP contribution in [0.2, 0.25) is 0 Å². The Morgan fingerprint density at radius 2 is 1.74 bits per heavy atom. The van der Waals surface area contributed by atoms with Gasteiger partial charge in [-0.15, -0.1) is 0 Å². The molecule has 2 amide bonds. The Kier molecular flexibility index (Phi) is 8.53. The lowest BCUT2D eigenvalue weighted by Gasteiger charge is -2.09. The molecule has 3 aromatic rings. The molecule has 0 aliphatic heterocycles. The maximum Gasteiger partial charge on any atom is 0.343 e. The van der Waals surface area contributed by atoms with Gasteiger partial charge in [-0.3, -0.25) is 9.59 Å². The lowest BCUT2D eigenvalue weighted by Crippen LogP contribution is -2.32. The van der Waals surface area contributed by atoms with Gasteiger partial charge in [0.25, 0.3) is 0 Å². The molecular weight excluding hydrogens is 502 g/mol. The van der Waals surface area contributed by atoms with Gasteiger partial charge in [0.15, 0.2) is 0 Å². The molecule has 34 heavy (non-hydrogen) atoms. The number of amides is 2. The van der Waals surface area contributed by atoms with Gasteiger partial charge in [0, 0.05) is 15.7 Å². The van der Waals surface area contributed by atoms with E-state index in [1.165, 1.54) is 6.21 Å². The van der Waals surface area contributed by atoms with Crippen molar-refractivity contribution in [3.05, 3.63) is 87.9 Å². The fourth-order valence-electron chi connectivity index (χ4n) is 2.87. The Hall–Kier alpha value is -3.98. The number of hydrogen-bond acceptors (Lipinski definition) is 6. The van der Waals surface area contributed by atoms with Crippen LogP contribution in [0.25, 0.3) is 0 Å². The van der Waals surface area contributed by atoms with Crippen LogP contribution in [0.1, 0.15) is 28.4 Å². The number of esters is 1. The molecule has 0 atom stereocenters. The van der Waals surface area contributed by atoms with Crippen molar-refractivity contribution >= 4 is 45.6 Å². The summed E-state index contributed by atoms with van der Waals surface area (Å²) in [6.07, 6.45) is 1.29. The van der Waals surface area contributed by atoms with Crippen molar-refractivity contribution in [3.8, 4) is 11.5 Å². The molecule has 0 unspecified atom stereocenters. The second-order valence-corrected chi connectivity index (χ2v) is 7.91. The first-order chi connectivity index (χ1) is 16.4. The minimum absolute atomic E-state index is 0.244. The Morgan fingerprint density at radius 3 is 2.44 bits per heavy atom. The first-order valence-corrected chi connectivity index (χ1v) is 11.1. The summed E-state index contributed by atoms with van der Waals surface area (Å²) < 4.78 is 11.6. The van der Waals surface area contributed by atoms with E-state index in [0.717, 1.165) is 5.56 Å². The van der Waals surface area contributed by atoms with Crippen molar-refractivity contribution in [3.63, 3.8) is 0 Å². The van der Waals surface area contributed by atoms with Crippen molar-refractivity contribution in [1.82, 2.24) is 5.43 Å². The number of anilines is 1. The van der Waals surface area contributed by atoms with Crippen LogP contribution in [-0.4, -0.2) is 30.6 Å². The highest BCUT2D eigenvalue weighted by atomic mass is 79.9. The third-order valence-electron chi connectivity index (χ3n) is 4.54. The summed E-state index contributed by atoms with van der Waals surface area (Å²) in [6.45, 7) is 4.21. The van der Waals surface area contributed by atoms with Crippen LogP contribution in [0.15, 0.2) is 76.3 Å². The fourth-order valence-corrected chi connectivity index (χ4v) is 3.25. The monoisotopic (exact) mass is 523 g/mol. The number of carbonyl (C=O) groups is 3. The molecule has 3 rings (SSSR count). The lowest BCUT2D eigenvalue weighted by atomic mass is 10.1. The summed E-state index contributed by atoms with van der Waals surface area (Å²) >= 11 is 3.35. The van der Waals surface area contributed by atoms with Crippen molar-refractivity contribution in [1.29, 1.82) is 0 Å². The molecule has 0 spiro atoms. The smallest absolute Gasteiger partial charge is 0.343 e. The summed E-state index contributed by atoms with van der Waals surface area (Å²) in [4.78, 5) is 36.8. The average molecular weight is 524 g/mol. The van der Waals surface area contributed by atoms with Crippen LogP contribution < -0.4 is 20.2 Å². The highest BCUT2D eigenvalue weighted by molar-refractivity contribution is 9.10. The number of aryl methyl sites for hydroxylation is 1. The quantitative estimate of drug-likeness (QED) is 0.156. The molecule has 0 bridgehead atoms. The molecule has 0 aliphatic carbocycles. The van der Waals surface area contributed by atoms with E-state index in [4.69, 9.17) is 9.47 Å². The number of nitrogens with one attached hydrogen (secondary N) is 2. The summed E-state index contributed by atoms with van der Waals surface area (Å²) in [7, 11) is 0. The first-order valence-electron chi connectivity index (χ1n) is 10.3. The summed E-state index contributed by atoms with van der Waals surface area (Å²) in [5, 5.41) is 6.30. The zero-order valence-electron chi connectivity index (χ0n) is 18.5. The minimum Gasteiger partial charge on any atom is -0.494 e. The SMILES string of the molecule is CCOc1ccc(NC(=O)C(=O)N/N=C\c2cc(Br)ccc2OC(=O)c2ccccc2C)cc1. The molecule has 0 aromatic heterocycles. The maximum atomic E-state index is 12.6. The molecule has 0 radical (unpaired) electrons. The van der Waals surface area contributed by atoms with Gasteiger partial charge in [0.05, 0.1) is 18.4 Å². The highest BCUT2D eigenvalue weighted by Crippen LogP contribution is 2.23. The van der Waals surface area contributed by atoms with Crippen LogP contribution in [0.5, 0.6) is 11.5 Å². The Morgan fingerprint density at radius 1 is 1.00 bits per heavy atom. The number of hydrogen-bond donors (Lipinski definition) is 2. The van der Waals surface area contributed by atoms with E-state index in [0.29, 0.717) is 33.6 Å². The average Bonchev–Trinajstić information content (AvgIpc) is 2.82. The van der Waals surface area contributed by atoms with E-state index < -0.39 is 17.8 Å². The molecule has 0 heterocycles. The van der Waals surface area contributed by atoms with Gasteiger partial charge in [-0.05, 0) is 67.9 Å². The number of ether oxygens (including phenoxy) is 2. The number of nitrogens with zero attached hydrogens (tertiary/aromatic N) is 1. The van der Waals surface area contributed by atoms with Gasteiger partial charge in [0.1, 0.15) is 11.5 Å². The normalized spacial score (nSPS) is 10.6. The van der Waals surface area contributed by atoms with Crippen LogP contribution in [0, 0.1) is 6.92 Å². The highest BCUT2D eigenvalue weighted by Gasteiger charge is 2.15. The van der Waals surface area contributed by atoms with Crippen LogP contribution in [0.3, 0.4) is 0 Å². The van der Waals surface area contributed by atoms with Gasteiger partial charge in [-0.1, -0.05) is 34.1 Å². The molecule has 2 N–H and O–H groups in total. The molecule has 0 saturated carbocycles. The second kappa shape index (κ2) is 11.8. The van der Waals surface area contributed by atoms with Crippen molar-refractivity contribution < 1.29 is 23.9 Å². The van der Waals surface area contributed by atoms with E-state index >= 15 is 0 Å². The van der Waals surface area contributed by atoms with Crippen LogP contribution in [-0.2, 0) is 9.59 Å². The van der Waals surface area contributed by atoms with Gasteiger partial charge in [0.2, 0.25) is 0 Å². The van der Waals surface area contributed by atoms with Gasteiger partial charge >= 0.3 is 17.8 Å². The van der Waals surface area contributed by atoms with Crippen LogP contribution in [0.4, 0.5) is 5.69 Å². The van der Waals surface area contributed by atoms with Gasteiger partial charge in [-0.2, -0.15) is 5.10 Å². The van der Waals surface area contributed by atoms with E-state index in [2.05, 4.69) is 31.8 Å². The molecule has 174 valence electrons. The Bertz CT molecular complexity index is 1230. The van der Waals surface area contributed by atoms with Gasteiger partial charge in [-0.25, -0.2) is 10.2 Å². The molecule has 0 aliphatic rings. The predicted molar refractivity (Wildman–Crippen MR) is 132 cm³/mol. The third kappa shape index (κ3) is 6.76. The maximum absolute atomic E-state index is 12.6. The number of hydrazone groups is 1. The zero-order chi connectivity index (χ0) is 24.5. The second-order valence-electron chi connectivity index (χ2n) is 7.00. The van der Waals surface area contributed by atoms with E-state index in [1.807, 2.05) is 26.0 Å². The number of halogens is 1. The standard InChI is InChI=1S/C25H22BrN3O5/c1-3-33-20-11-9-19(10-12-20)28-23(30)24(31)29-27-15-17-14-18(26)8-13-22(17)34-25(32)21-7-5-4-6-16(21)2/h4-15H,3H2,1-2H3,(H,28,30)(H,29,31)/b27-15-. The zero-order valence-corrected chi connectivity index (χ0v) is 20.1. The molecule has 3 aromatic carbocycles. The third-order valence-corrected chi connectivity index (χ3v) is 5.03. The number of rotatable bonds is 7. The van der Waals surface area contributed by atoms with E-state index in [-0.39, 0.29) is 5.75 Å². The number of carbonyl (C=O) groups excluding carboxylic acids is 3. The summed E-state index contributed by atoms with van der Waals surface area (Å²) in [5.41, 5.74) is 4.24. The number of benzene rings is 3. The Balaban J connectivity index is 1.64. The molecule has 0 saturated heterocycles. The van der Waals surface area contributed by atoms with Crippen molar-refractivity contribution in [2.45, 2.75) is 13.8 Å². The first kappa shape index (κ1) is 24.7. The molecule has 8 nitrogen and oxygen atoms in total. The minimum atomic E-state index is -0.960. The Labute approximate surface area is 205 Å². The van der Waals surface area contributed by atoms with Crippen LogP contribution >= 0.6 is 15.9 Å². The summed E-state index contributed by atoms with van der Waals surface area (Å²) in [6, 6.07) is 18.7. The van der Waals surface area contributed by atoms with Crippen molar-refractivity contribution in [2.75, 3.05) is 11.9 Å². The molecule has 0 fully saturated rings. The topological polar surface area (TPSA) is 106 Å². The van der Waals surface area contributed by atoms with E-state index in [9.17, 15) is 14.4 Å².